The molecule has 0 bridgehead atoms. The topological polar surface area (TPSA) is 104 Å². The lowest BCUT2D eigenvalue weighted by Gasteiger charge is -2.12. The molecule has 3 amide bonds. The van der Waals surface area contributed by atoms with Crippen LogP contribution in [0.3, 0.4) is 0 Å². The van der Waals surface area contributed by atoms with Gasteiger partial charge in [-0.15, -0.1) is 0 Å². The Kier molecular flexibility index (Phi) is 3.37. The van der Waals surface area contributed by atoms with Crippen molar-refractivity contribution in [3.63, 3.8) is 0 Å². The first kappa shape index (κ1) is 11.2. The summed E-state index contributed by atoms with van der Waals surface area (Å²) in [6.45, 7) is -0.917. The largest absolute Gasteiger partial charge is 0.480 e. The summed E-state index contributed by atoms with van der Waals surface area (Å²) in [6.07, 6.45) is 0.232. The number of rotatable bonds is 4. The molecule has 0 atom stereocenters. The number of nitrogens with one attached hydrogen (secondary N) is 1. The number of hydrogen-bond donors (Lipinski definition) is 2. The zero-order valence-electron chi connectivity index (χ0n) is 7.86. The first-order chi connectivity index (χ1) is 7.00. The zero-order chi connectivity index (χ0) is 11.4. The fraction of sp³-hybridized carbons (Fsp3) is 0.500. The van der Waals surface area contributed by atoms with E-state index in [-0.39, 0.29) is 12.8 Å². The minimum atomic E-state index is -1.18. The molecule has 1 heterocycles. The predicted octanol–water partition coefficient (Wildman–Crippen LogP) is -1.66. The third-order valence-electron chi connectivity index (χ3n) is 1.89. The number of likely N-dealkylation sites (tertiary alicyclic amines) is 1. The molecule has 0 saturated carbocycles. The molecule has 0 aromatic carbocycles. The molecule has 1 aliphatic heterocycles. The summed E-state index contributed by atoms with van der Waals surface area (Å²) in [5, 5.41) is 10.3. The van der Waals surface area contributed by atoms with Gasteiger partial charge in [0.25, 0.3) is 0 Å². The van der Waals surface area contributed by atoms with E-state index in [0.29, 0.717) is 0 Å². The van der Waals surface area contributed by atoms with Gasteiger partial charge in [-0.05, 0) is 0 Å². The number of imide groups is 1. The Labute approximate surface area is 85.0 Å². The lowest BCUT2D eigenvalue weighted by Crippen LogP contribution is -2.41. The normalized spacial score (nSPS) is 15.6. The number of aliphatic carboxylic acids is 1. The minimum Gasteiger partial charge on any atom is -0.480 e. The highest BCUT2D eigenvalue weighted by atomic mass is 16.4. The van der Waals surface area contributed by atoms with Gasteiger partial charge in [0.1, 0.15) is 13.1 Å². The van der Waals surface area contributed by atoms with Gasteiger partial charge < -0.3 is 10.4 Å². The molecular weight excluding hydrogens is 204 g/mol. The SMILES string of the molecule is O=C(O)CNC(=O)CN1C(=O)CCC1=O. The van der Waals surface area contributed by atoms with E-state index in [1.165, 1.54) is 0 Å². The number of carboxylic acid groups (broad SMARTS) is 1. The van der Waals surface area contributed by atoms with E-state index in [4.69, 9.17) is 5.11 Å². The summed E-state index contributed by atoms with van der Waals surface area (Å²) in [5.41, 5.74) is 0. The fourth-order valence-corrected chi connectivity index (χ4v) is 1.17. The summed E-state index contributed by atoms with van der Waals surface area (Å²) >= 11 is 0. The van der Waals surface area contributed by atoms with Gasteiger partial charge in [0.05, 0.1) is 0 Å². The zero-order valence-corrected chi connectivity index (χ0v) is 7.86. The second-order valence-electron chi connectivity index (χ2n) is 3.04. The quantitative estimate of drug-likeness (QED) is 0.545. The van der Waals surface area contributed by atoms with Gasteiger partial charge in [-0.3, -0.25) is 24.1 Å². The molecule has 0 aromatic rings. The molecule has 7 heteroatoms. The van der Waals surface area contributed by atoms with Crippen LogP contribution in [0, 0.1) is 0 Å². The summed E-state index contributed by atoms with van der Waals surface area (Å²) in [7, 11) is 0. The third kappa shape index (κ3) is 3.04. The second-order valence-corrected chi connectivity index (χ2v) is 3.04. The van der Waals surface area contributed by atoms with Crippen LogP contribution in [0.1, 0.15) is 12.8 Å². The molecule has 0 radical (unpaired) electrons. The van der Waals surface area contributed by atoms with Gasteiger partial charge in [0.2, 0.25) is 17.7 Å². The maximum Gasteiger partial charge on any atom is 0.322 e. The lowest BCUT2D eigenvalue weighted by atomic mass is 10.4. The maximum absolute atomic E-state index is 11.1. The van der Waals surface area contributed by atoms with E-state index in [0.717, 1.165) is 4.90 Å². The summed E-state index contributed by atoms with van der Waals surface area (Å²) < 4.78 is 0. The Morgan fingerprint density at radius 1 is 1.27 bits per heavy atom. The van der Waals surface area contributed by atoms with Crippen molar-refractivity contribution in [2.24, 2.45) is 0 Å². The van der Waals surface area contributed by atoms with Crippen LogP contribution < -0.4 is 5.32 Å². The Morgan fingerprint density at radius 2 is 1.80 bits per heavy atom. The van der Waals surface area contributed by atoms with Crippen molar-refractivity contribution in [3.05, 3.63) is 0 Å². The average Bonchev–Trinajstić information content (AvgIpc) is 2.46. The van der Waals surface area contributed by atoms with Crippen LogP contribution in [0.2, 0.25) is 0 Å². The monoisotopic (exact) mass is 214 g/mol. The van der Waals surface area contributed by atoms with E-state index in [9.17, 15) is 19.2 Å². The predicted molar refractivity (Wildman–Crippen MR) is 46.6 cm³/mol. The Bertz CT molecular complexity index is 309. The molecule has 1 saturated heterocycles. The van der Waals surface area contributed by atoms with Crippen molar-refractivity contribution >= 4 is 23.7 Å². The van der Waals surface area contributed by atoms with E-state index in [1.54, 1.807) is 0 Å². The van der Waals surface area contributed by atoms with Crippen molar-refractivity contribution in [1.29, 1.82) is 0 Å². The Morgan fingerprint density at radius 3 is 2.27 bits per heavy atom. The van der Waals surface area contributed by atoms with Gasteiger partial charge >= 0.3 is 5.97 Å². The molecule has 7 nitrogen and oxygen atoms in total. The van der Waals surface area contributed by atoms with Gasteiger partial charge in [-0.2, -0.15) is 0 Å². The van der Waals surface area contributed by atoms with Gasteiger partial charge in [-0.25, -0.2) is 0 Å². The van der Waals surface area contributed by atoms with Crippen molar-refractivity contribution in [1.82, 2.24) is 10.2 Å². The number of hydrogen-bond acceptors (Lipinski definition) is 4. The number of carbonyl (C=O) groups is 4. The number of amides is 3. The van der Waals surface area contributed by atoms with Crippen LogP contribution in [0.15, 0.2) is 0 Å². The highest BCUT2D eigenvalue weighted by molar-refractivity contribution is 6.04. The number of carboxylic acids is 1. The fourth-order valence-electron chi connectivity index (χ4n) is 1.17. The van der Waals surface area contributed by atoms with Crippen LogP contribution in [0.25, 0.3) is 0 Å². The second kappa shape index (κ2) is 4.54. The molecular formula is C8H10N2O5. The van der Waals surface area contributed by atoms with E-state index >= 15 is 0 Å². The minimum absolute atomic E-state index is 0.116. The van der Waals surface area contributed by atoms with Crippen molar-refractivity contribution < 1.29 is 24.3 Å². The van der Waals surface area contributed by atoms with Crippen LogP contribution >= 0.6 is 0 Å². The van der Waals surface area contributed by atoms with E-state index in [1.807, 2.05) is 0 Å². The van der Waals surface area contributed by atoms with E-state index < -0.39 is 36.8 Å². The molecule has 2 N–H and O–H groups in total. The Hall–Kier alpha value is -1.92. The molecule has 1 rings (SSSR count). The molecule has 0 unspecified atom stereocenters. The number of nitrogens with zero attached hydrogens (tertiary/aromatic N) is 1. The van der Waals surface area contributed by atoms with E-state index in [2.05, 4.69) is 5.32 Å². The first-order valence-corrected chi connectivity index (χ1v) is 4.32. The molecule has 0 spiro atoms. The van der Waals surface area contributed by atoms with Crippen LogP contribution in [0.5, 0.6) is 0 Å². The molecule has 15 heavy (non-hydrogen) atoms. The Balaban J connectivity index is 2.40. The van der Waals surface area contributed by atoms with Crippen LogP contribution in [0.4, 0.5) is 0 Å². The lowest BCUT2D eigenvalue weighted by molar-refractivity contribution is -0.142. The van der Waals surface area contributed by atoms with Crippen LogP contribution in [-0.4, -0.2) is 46.8 Å². The highest BCUT2D eigenvalue weighted by Crippen LogP contribution is 2.10. The summed E-state index contributed by atoms with van der Waals surface area (Å²) in [6, 6.07) is 0. The molecule has 1 aliphatic rings. The van der Waals surface area contributed by atoms with Gasteiger partial charge in [0, 0.05) is 12.8 Å². The molecule has 82 valence electrons. The number of carbonyl (C=O) groups excluding carboxylic acids is 3. The smallest absolute Gasteiger partial charge is 0.322 e. The molecule has 0 aromatic heterocycles. The van der Waals surface area contributed by atoms with Crippen molar-refractivity contribution in [2.75, 3.05) is 13.1 Å². The standard InChI is InChI=1S/C8H10N2O5/c11-5(9-3-8(14)15)4-10-6(12)1-2-7(10)13/h1-4H2,(H,9,11)(H,14,15). The maximum atomic E-state index is 11.1. The molecule has 1 fully saturated rings. The summed E-state index contributed by atoms with van der Waals surface area (Å²) in [5.74, 6) is -2.63. The van der Waals surface area contributed by atoms with Gasteiger partial charge in [-0.1, -0.05) is 0 Å². The van der Waals surface area contributed by atoms with Crippen molar-refractivity contribution in [2.45, 2.75) is 12.8 Å². The molecule has 0 aliphatic carbocycles. The highest BCUT2D eigenvalue weighted by Gasteiger charge is 2.30. The summed E-state index contributed by atoms with van der Waals surface area (Å²) in [4.78, 5) is 44.1. The first-order valence-electron chi connectivity index (χ1n) is 4.32. The van der Waals surface area contributed by atoms with Crippen molar-refractivity contribution in [3.8, 4) is 0 Å². The van der Waals surface area contributed by atoms with Crippen LogP contribution in [-0.2, 0) is 19.2 Å². The third-order valence-corrected chi connectivity index (χ3v) is 1.89. The van der Waals surface area contributed by atoms with Gasteiger partial charge in [0.15, 0.2) is 0 Å². The average molecular weight is 214 g/mol.